The lowest BCUT2D eigenvalue weighted by atomic mass is 10.1. The maximum absolute atomic E-state index is 12.8. The Morgan fingerprint density at radius 2 is 1.89 bits per heavy atom. The van der Waals surface area contributed by atoms with Crippen LogP contribution < -0.4 is 5.32 Å². The Labute approximate surface area is 168 Å². The van der Waals surface area contributed by atoms with Gasteiger partial charge in [0.1, 0.15) is 0 Å². The standard InChI is InChI=1S/C20H31N3O4S/c1-2-4-17-6-8-19(9-7-17)28(25,26)23-12-10-22(11-13-23)16-20(24)21-15-18-5-3-14-27-18/h6-9,18H,2-5,10-16H2,1H3,(H,21,24)/t18-/m0/s1. The maximum atomic E-state index is 12.8. The molecule has 0 unspecified atom stereocenters. The van der Waals surface area contributed by atoms with Crippen LogP contribution in [-0.4, -0.2) is 75.5 Å². The van der Waals surface area contributed by atoms with Gasteiger partial charge in [0.25, 0.3) is 0 Å². The highest BCUT2D eigenvalue weighted by molar-refractivity contribution is 7.89. The van der Waals surface area contributed by atoms with Gasteiger partial charge in [-0.05, 0) is 37.0 Å². The molecule has 1 aromatic rings. The number of amides is 1. The molecule has 0 aromatic heterocycles. The van der Waals surface area contributed by atoms with Crippen molar-refractivity contribution in [2.24, 2.45) is 0 Å². The van der Waals surface area contributed by atoms with E-state index in [1.54, 1.807) is 12.1 Å². The van der Waals surface area contributed by atoms with Gasteiger partial charge < -0.3 is 10.1 Å². The number of rotatable bonds is 8. The third kappa shape index (κ3) is 5.53. The average molecular weight is 410 g/mol. The summed E-state index contributed by atoms with van der Waals surface area (Å²) >= 11 is 0. The fourth-order valence-corrected chi connectivity index (χ4v) is 5.11. The molecule has 1 N–H and O–H groups in total. The first-order valence-electron chi connectivity index (χ1n) is 10.2. The van der Waals surface area contributed by atoms with Crippen LogP contribution >= 0.6 is 0 Å². The lowest BCUT2D eigenvalue weighted by molar-refractivity contribution is -0.123. The second-order valence-electron chi connectivity index (χ2n) is 7.51. The van der Waals surface area contributed by atoms with E-state index in [0.717, 1.165) is 37.9 Å². The van der Waals surface area contributed by atoms with Crippen LogP contribution in [-0.2, 0) is 26.0 Å². The minimum absolute atomic E-state index is 0.0293. The molecule has 2 aliphatic rings. The monoisotopic (exact) mass is 409 g/mol. The Bertz CT molecular complexity index is 737. The average Bonchev–Trinajstić information content (AvgIpc) is 3.21. The van der Waals surface area contributed by atoms with E-state index in [2.05, 4.69) is 12.2 Å². The number of ether oxygens (including phenoxy) is 1. The Balaban J connectivity index is 1.46. The molecule has 28 heavy (non-hydrogen) atoms. The minimum atomic E-state index is -3.48. The number of hydrogen-bond donors (Lipinski definition) is 1. The SMILES string of the molecule is CCCc1ccc(S(=O)(=O)N2CCN(CC(=O)NC[C@@H]3CCCO3)CC2)cc1. The number of aryl methyl sites for hydroxylation is 1. The molecule has 2 heterocycles. The molecule has 0 saturated carbocycles. The van der Waals surface area contributed by atoms with Crippen LogP contribution in [0.1, 0.15) is 31.7 Å². The predicted octanol–water partition coefficient (Wildman–Crippen LogP) is 1.24. The molecular weight excluding hydrogens is 378 g/mol. The summed E-state index contributed by atoms with van der Waals surface area (Å²) in [5, 5.41) is 2.92. The first kappa shape index (κ1) is 21.2. The van der Waals surface area contributed by atoms with Crippen LogP contribution in [0.2, 0.25) is 0 Å². The van der Waals surface area contributed by atoms with Gasteiger partial charge in [0.05, 0.1) is 17.5 Å². The van der Waals surface area contributed by atoms with Crippen molar-refractivity contribution in [2.45, 2.75) is 43.6 Å². The van der Waals surface area contributed by atoms with Gasteiger partial charge in [0.2, 0.25) is 15.9 Å². The fraction of sp³-hybridized carbons (Fsp3) is 0.650. The Morgan fingerprint density at radius 1 is 1.18 bits per heavy atom. The Hall–Kier alpha value is -1.48. The summed E-state index contributed by atoms with van der Waals surface area (Å²) in [5.41, 5.74) is 1.15. The van der Waals surface area contributed by atoms with Crippen molar-refractivity contribution in [3.63, 3.8) is 0 Å². The zero-order chi connectivity index (χ0) is 20.0. The van der Waals surface area contributed by atoms with Crippen LogP contribution in [0.5, 0.6) is 0 Å². The van der Waals surface area contributed by atoms with Crippen LogP contribution in [0.4, 0.5) is 0 Å². The molecule has 1 amide bonds. The highest BCUT2D eigenvalue weighted by atomic mass is 32.2. The molecule has 156 valence electrons. The van der Waals surface area contributed by atoms with Gasteiger partial charge in [-0.1, -0.05) is 25.5 Å². The van der Waals surface area contributed by atoms with E-state index in [0.29, 0.717) is 44.2 Å². The fourth-order valence-electron chi connectivity index (χ4n) is 3.69. The number of carbonyl (C=O) groups is 1. The summed E-state index contributed by atoms with van der Waals surface area (Å²) in [6.45, 7) is 5.65. The van der Waals surface area contributed by atoms with Crippen molar-refractivity contribution >= 4 is 15.9 Å². The first-order chi connectivity index (χ1) is 13.5. The Kier molecular flexibility index (Phi) is 7.45. The maximum Gasteiger partial charge on any atom is 0.243 e. The molecule has 8 heteroatoms. The van der Waals surface area contributed by atoms with E-state index in [9.17, 15) is 13.2 Å². The van der Waals surface area contributed by atoms with Gasteiger partial charge in [-0.15, -0.1) is 0 Å². The number of nitrogens with zero attached hydrogens (tertiary/aromatic N) is 2. The van der Waals surface area contributed by atoms with E-state index < -0.39 is 10.0 Å². The molecule has 2 saturated heterocycles. The lowest BCUT2D eigenvalue weighted by Gasteiger charge is -2.33. The molecule has 0 aliphatic carbocycles. The quantitative estimate of drug-likeness (QED) is 0.699. The molecule has 3 rings (SSSR count). The van der Waals surface area contributed by atoms with Gasteiger partial charge in [-0.3, -0.25) is 9.69 Å². The second-order valence-corrected chi connectivity index (χ2v) is 9.45. The van der Waals surface area contributed by atoms with Gasteiger partial charge in [0, 0.05) is 39.3 Å². The molecule has 2 aliphatic heterocycles. The topological polar surface area (TPSA) is 79.0 Å². The number of piperazine rings is 1. The minimum Gasteiger partial charge on any atom is -0.376 e. The summed E-state index contributed by atoms with van der Waals surface area (Å²) < 4.78 is 32.7. The van der Waals surface area contributed by atoms with Crippen molar-refractivity contribution in [1.29, 1.82) is 0 Å². The zero-order valence-electron chi connectivity index (χ0n) is 16.6. The summed E-state index contributed by atoms with van der Waals surface area (Å²) in [7, 11) is -3.48. The van der Waals surface area contributed by atoms with Crippen molar-refractivity contribution < 1.29 is 17.9 Å². The normalized spacial score (nSPS) is 21.7. The van der Waals surface area contributed by atoms with Crippen LogP contribution in [0, 0.1) is 0 Å². The van der Waals surface area contributed by atoms with Gasteiger partial charge in [-0.2, -0.15) is 4.31 Å². The summed E-state index contributed by atoms with van der Waals surface area (Å²) in [5.74, 6) is -0.0293. The molecule has 0 spiro atoms. The van der Waals surface area contributed by atoms with Crippen LogP contribution in [0.25, 0.3) is 0 Å². The molecule has 7 nitrogen and oxygen atoms in total. The molecule has 0 bridgehead atoms. The molecule has 1 atom stereocenters. The first-order valence-corrected chi connectivity index (χ1v) is 11.6. The van der Waals surface area contributed by atoms with Crippen molar-refractivity contribution in [1.82, 2.24) is 14.5 Å². The molecular formula is C20H31N3O4S. The smallest absolute Gasteiger partial charge is 0.243 e. The van der Waals surface area contributed by atoms with E-state index in [1.807, 2.05) is 17.0 Å². The molecule has 0 radical (unpaired) electrons. The second kappa shape index (κ2) is 9.82. The van der Waals surface area contributed by atoms with Gasteiger partial charge in [-0.25, -0.2) is 8.42 Å². The summed E-state index contributed by atoms with van der Waals surface area (Å²) in [6, 6.07) is 7.19. The van der Waals surface area contributed by atoms with E-state index in [4.69, 9.17) is 4.74 Å². The number of nitrogens with one attached hydrogen (secondary N) is 1. The van der Waals surface area contributed by atoms with Gasteiger partial charge >= 0.3 is 0 Å². The van der Waals surface area contributed by atoms with Crippen molar-refractivity contribution in [2.75, 3.05) is 45.9 Å². The largest absolute Gasteiger partial charge is 0.376 e. The van der Waals surface area contributed by atoms with Gasteiger partial charge in [0.15, 0.2) is 0 Å². The highest BCUT2D eigenvalue weighted by Gasteiger charge is 2.29. The highest BCUT2D eigenvalue weighted by Crippen LogP contribution is 2.19. The number of hydrogen-bond acceptors (Lipinski definition) is 5. The van der Waals surface area contributed by atoms with Crippen molar-refractivity contribution in [3.8, 4) is 0 Å². The molecule has 2 fully saturated rings. The van der Waals surface area contributed by atoms with E-state index in [-0.39, 0.29) is 12.0 Å². The summed E-state index contributed by atoms with van der Waals surface area (Å²) in [6.07, 6.45) is 4.17. The third-order valence-electron chi connectivity index (χ3n) is 5.35. The zero-order valence-corrected chi connectivity index (χ0v) is 17.4. The third-order valence-corrected chi connectivity index (χ3v) is 7.26. The van der Waals surface area contributed by atoms with Crippen LogP contribution in [0.15, 0.2) is 29.2 Å². The van der Waals surface area contributed by atoms with Crippen molar-refractivity contribution in [3.05, 3.63) is 29.8 Å². The van der Waals surface area contributed by atoms with E-state index >= 15 is 0 Å². The lowest BCUT2D eigenvalue weighted by Crippen LogP contribution is -2.51. The van der Waals surface area contributed by atoms with E-state index in [1.165, 1.54) is 4.31 Å². The summed E-state index contributed by atoms with van der Waals surface area (Å²) in [4.78, 5) is 14.5. The number of sulfonamides is 1. The number of carbonyl (C=O) groups excluding carboxylic acids is 1. The predicted molar refractivity (Wildman–Crippen MR) is 108 cm³/mol. The van der Waals surface area contributed by atoms with Crippen LogP contribution in [0.3, 0.4) is 0 Å². The number of benzene rings is 1. The molecule has 1 aromatic carbocycles. The Morgan fingerprint density at radius 3 is 2.50 bits per heavy atom.